The van der Waals surface area contributed by atoms with E-state index in [0.717, 1.165) is 12.1 Å². The second kappa shape index (κ2) is 7.48. The predicted octanol–water partition coefficient (Wildman–Crippen LogP) is 3.62. The highest BCUT2D eigenvalue weighted by atomic mass is 19.4. The molecule has 1 amide bonds. The molecule has 1 aromatic heterocycles. The number of furan rings is 1. The van der Waals surface area contributed by atoms with Gasteiger partial charge in [0.1, 0.15) is 17.1 Å². The molecule has 144 valence electrons. The summed E-state index contributed by atoms with van der Waals surface area (Å²) >= 11 is 0. The van der Waals surface area contributed by atoms with Crippen molar-refractivity contribution < 1.29 is 36.8 Å². The first-order valence-corrected chi connectivity index (χ1v) is 7.38. The Morgan fingerprint density at radius 3 is 2.44 bits per heavy atom. The van der Waals surface area contributed by atoms with Crippen LogP contribution in [0.3, 0.4) is 0 Å². The van der Waals surface area contributed by atoms with E-state index in [0.29, 0.717) is 11.8 Å². The van der Waals surface area contributed by atoms with Gasteiger partial charge in [0.25, 0.3) is 11.6 Å². The molecule has 1 heterocycles. The average molecular weight is 386 g/mol. The van der Waals surface area contributed by atoms with E-state index in [1.807, 2.05) is 5.32 Å². The number of esters is 1. The van der Waals surface area contributed by atoms with Crippen LogP contribution in [-0.4, -0.2) is 23.4 Å². The summed E-state index contributed by atoms with van der Waals surface area (Å²) in [7, 11) is 0. The number of carbonyl (C=O) groups is 2. The molecule has 0 bridgehead atoms. The third kappa shape index (κ3) is 4.84. The molecule has 0 aliphatic rings. The Morgan fingerprint density at radius 2 is 1.93 bits per heavy atom. The third-order valence-electron chi connectivity index (χ3n) is 3.39. The molecule has 2 rings (SSSR count). The highest BCUT2D eigenvalue weighted by Crippen LogP contribution is 2.37. The zero-order chi connectivity index (χ0) is 20.4. The lowest BCUT2D eigenvalue weighted by molar-refractivity contribution is -0.385. The van der Waals surface area contributed by atoms with E-state index in [9.17, 15) is 32.9 Å². The van der Waals surface area contributed by atoms with Gasteiger partial charge in [0.15, 0.2) is 6.61 Å². The fourth-order valence-corrected chi connectivity index (χ4v) is 2.22. The van der Waals surface area contributed by atoms with E-state index >= 15 is 0 Å². The Kier molecular flexibility index (Phi) is 5.52. The van der Waals surface area contributed by atoms with Gasteiger partial charge in [0.2, 0.25) is 0 Å². The maximum absolute atomic E-state index is 13.1. The number of nitro groups is 1. The number of amides is 1. The molecule has 11 heteroatoms. The zero-order valence-electron chi connectivity index (χ0n) is 14.0. The van der Waals surface area contributed by atoms with Crippen LogP contribution in [0.4, 0.5) is 24.5 Å². The summed E-state index contributed by atoms with van der Waals surface area (Å²) in [5.41, 5.74) is -2.77. The van der Waals surface area contributed by atoms with E-state index in [2.05, 4.69) is 0 Å². The number of anilines is 1. The van der Waals surface area contributed by atoms with Crippen molar-refractivity contribution >= 4 is 23.3 Å². The maximum Gasteiger partial charge on any atom is 0.418 e. The van der Waals surface area contributed by atoms with Crippen LogP contribution < -0.4 is 5.32 Å². The molecule has 0 radical (unpaired) electrons. The number of halogens is 3. The first-order valence-electron chi connectivity index (χ1n) is 7.38. The van der Waals surface area contributed by atoms with Crippen LogP contribution in [0, 0.1) is 24.0 Å². The fraction of sp³-hybridized carbons (Fsp3) is 0.250. The summed E-state index contributed by atoms with van der Waals surface area (Å²) in [6.07, 6.45) is -4.93. The topological polar surface area (TPSA) is 112 Å². The number of benzene rings is 1. The van der Waals surface area contributed by atoms with Gasteiger partial charge in [-0.15, -0.1) is 0 Å². The van der Waals surface area contributed by atoms with Crippen LogP contribution in [0.2, 0.25) is 0 Å². The maximum atomic E-state index is 13.1. The van der Waals surface area contributed by atoms with Crippen molar-refractivity contribution in [1.29, 1.82) is 0 Å². The normalized spacial score (nSPS) is 11.1. The number of alkyl halides is 3. The number of rotatable bonds is 5. The van der Waals surface area contributed by atoms with Gasteiger partial charge < -0.3 is 14.5 Å². The largest absolute Gasteiger partial charge is 0.466 e. The summed E-state index contributed by atoms with van der Waals surface area (Å²) in [6, 6.07) is 3.27. The number of ether oxygens (including phenoxy) is 1. The molecule has 0 aliphatic carbocycles. The van der Waals surface area contributed by atoms with Gasteiger partial charge in [-0.3, -0.25) is 14.9 Å². The van der Waals surface area contributed by atoms with E-state index < -0.39 is 46.5 Å². The Balaban J connectivity index is 2.10. The summed E-state index contributed by atoms with van der Waals surface area (Å²) in [6.45, 7) is 2.26. The molecule has 0 unspecified atom stereocenters. The molecule has 0 atom stereocenters. The van der Waals surface area contributed by atoms with Gasteiger partial charge in [-0.25, -0.2) is 4.79 Å². The second-order valence-corrected chi connectivity index (χ2v) is 5.44. The Labute approximate surface area is 150 Å². The lowest BCUT2D eigenvalue weighted by Crippen LogP contribution is -2.23. The molecular weight excluding hydrogens is 373 g/mol. The van der Waals surface area contributed by atoms with Gasteiger partial charge in [-0.05, 0) is 26.0 Å². The SMILES string of the molecule is Cc1cc(C(=O)OCC(=O)Nc2ccc([N+](=O)[O-])cc2C(F)(F)F)c(C)o1. The van der Waals surface area contributed by atoms with Crippen molar-refractivity contribution in [3.05, 3.63) is 57.0 Å². The molecule has 0 aliphatic heterocycles. The fourth-order valence-electron chi connectivity index (χ4n) is 2.22. The molecule has 8 nitrogen and oxygen atoms in total. The lowest BCUT2D eigenvalue weighted by atomic mass is 10.1. The quantitative estimate of drug-likeness (QED) is 0.477. The van der Waals surface area contributed by atoms with Crippen LogP contribution in [0.25, 0.3) is 0 Å². The van der Waals surface area contributed by atoms with Crippen molar-refractivity contribution in [1.82, 2.24) is 0 Å². The molecule has 1 aromatic carbocycles. The van der Waals surface area contributed by atoms with Crippen molar-refractivity contribution in [3.63, 3.8) is 0 Å². The number of nitrogens with zero attached hydrogens (tertiary/aromatic N) is 1. The molecule has 0 fully saturated rings. The van der Waals surface area contributed by atoms with Crippen LogP contribution in [0.1, 0.15) is 27.4 Å². The van der Waals surface area contributed by atoms with Crippen molar-refractivity contribution in [3.8, 4) is 0 Å². The third-order valence-corrected chi connectivity index (χ3v) is 3.39. The van der Waals surface area contributed by atoms with Crippen LogP contribution in [0.15, 0.2) is 28.7 Å². The zero-order valence-corrected chi connectivity index (χ0v) is 14.0. The van der Waals surface area contributed by atoms with Gasteiger partial charge in [-0.2, -0.15) is 13.2 Å². The Morgan fingerprint density at radius 1 is 1.26 bits per heavy atom. The number of carbonyl (C=O) groups excluding carboxylic acids is 2. The van der Waals surface area contributed by atoms with E-state index in [4.69, 9.17) is 9.15 Å². The number of nitrogens with one attached hydrogen (secondary N) is 1. The molecule has 1 N–H and O–H groups in total. The first-order chi connectivity index (χ1) is 12.5. The van der Waals surface area contributed by atoms with Crippen LogP contribution in [-0.2, 0) is 15.7 Å². The average Bonchev–Trinajstić information content (AvgIpc) is 2.90. The Bertz CT molecular complexity index is 904. The molecule has 27 heavy (non-hydrogen) atoms. The highest BCUT2D eigenvalue weighted by molar-refractivity contribution is 5.96. The van der Waals surface area contributed by atoms with Gasteiger partial charge in [0, 0.05) is 12.1 Å². The number of non-ortho nitro benzene ring substituents is 1. The summed E-state index contributed by atoms with van der Waals surface area (Å²) < 4.78 is 49.0. The molecule has 0 saturated heterocycles. The molecule has 0 saturated carbocycles. The monoisotopic (exact) mass is 386 g/mol. The molecule has 0 spiro atoms. The smallest absolute Gasteiger partial charge is 0.418 e. The minimum absolute atomic E-state index is 0.0895. The second-order valence-electron chi connectivity index (χ2n) is 5.44. The van der Waals surface area contributed by atoms with Gasteiger partial charge in [-0.1, -0.05) is 0 Å². The summed E-state index contributed by atoms with van der Waals surface area (Å²) in [4.78, 5) is 33.3. The van der Waals surface area contributed by atoms with Gasteiger partial charge in [0.05, 0.1) is 16.2 Å². The minimum Gasteiger partial charge on any atom is -0.466 e. The first kappa shape index (κ1) is 19.9. The van der Waals surface area contributed by atoms with E-state index in [-0.39, 0.29) is 11.3 Å². The number of nitro benzene ring substituents is 1. The van der Waals surface area contributed by atoms with Crippen molar-refractivity contribution in [2.24, 2.45) is 0 Å². The minimum atomic E-state index is -4.93. The van der Waals surface area contributed by atoms with Crippen LogP contribution in [0.5, 0.6) is 0 Å². The highest BCUT2D eigenvalue weighted by Gasteiger charge is 2.35. The van der Waals surface area contributed by atoms with E-state index in [1.165, 1.54) is 13.0 Å². The summed E-state index contributed by atoms with van der Waals surface area (Å²) in [5.74, 6) is -1.20. The van der Waals surface area contributed by atoms with E-state index in [1.54, 1.807) is 6.92 Å². The predicted molar refractivity (Wildman–Crippen MR) is 85.2 cm³/mol. The standard InChI is InChI=1S/C16H13F3N2O6/c1-8-5-11(9(2)27-8)15(23)26-7-14(22)20-13-4-3-10(21(24)25)6-12(13)16(17,18)19/h3-6H,7H2,1-2H3,(H,20,22). The Hall–Kier alpha value is -3.37. The summed E-state index contributed by atoms with van der Waals surface area (Å²) in [5, 5.41) is 12.6. The number of hydrogen-bond donors (Lipinski definition) is 1. The van der Waals surface area contributed by atoms with Crippen molar-refractivity contribution in [2.75, 3.05) is 11.9 Å². The van der Waals surface area contributed by atoms with Crippen LogP contribution >= 0.6 is 0 Å². The molecule has 2 aromatic rings. The van der Waals surface area contributed by atoms with Gasteiger partial charge >= 0.3 is 12.1 Å². The number of aryl methyl sites for hydroxylation is 2. The molecular formula is C16H13F3N2O6. The van der Waals surface area contributed by atoms with Crippen molar-refractivity contribution in [2.45, 2.75) is 20.0 Å². The number of hydrogen-bond acceptors (Lipinski definition) is 6. The lowest BCUT2D eigenvalue weighted by Gasteiger charge is -2.13.